The first kappa shape index (κ1) is 77.2. The number of hydrogen-bond acceptors (Lipinski definition) is 31. The molecule has 7 heterocycles. The predicted molar refractivity (Wildman–Crippen MR) is 330 cm³/mol. The van der Waals surface area contributed by atoms with E-state index in [9.17, 15) is 81.4 Å². The van der Waals surface area contributed by atoms with Crippen LogP contribution in [0.25, 0.3) is 0 Å². The Kier molecular flexibility index (Phi) is 23.7. The van der Waals surface area contributed by atoms with Gasteiger partial charge in [0.25, 0.3) is 0 Å². The van der Waals surface area contributed by atoms with Gasteiger partial charge in [-0.05, 0) is 106 Å². The Bertz CT molecular complexity index is 2700. The van der Waals surface area contributed by atoms with Gasteiger partial charge in [-0.1, -0.05) is 59.6 Å². The molecule has 11 aliphatic rings. The molecule has 7 saturated heterocycles. The summed E-state index contributed by atoms with van der Waals surface area (Å²) < 4.78 is 90.5. The molecule has 0 radical (unpaired) electrons. The Hall–Kier alpha value is -1.95. The van der Waals surface area contributed by atoms with Gasteiger partial charge in [-0.2, -0.15) is 0 Å². The van der Waals surface area contributed by atoms with Gasteiger partial charge in [0, 0.05) is 20.1 Å². The third kappa shape index (κ3) is 13.3. The number of carbonyl (C=O) groups excluding carboxylic acids is 1. The molecule has 0 amide bonds. The minimum Gasteiger partial charge on any atom is -0.459 e. The minimum atomic E-state index is -2.06. The minimum absolute atomic E-state index is 0.0330. The molecule has 0 aromatic carbocycles. The van der Waals surface area contributed by atoms with Crippen LogP contribution in [-0.4, -0.2) is 320 Å². The molecule has 1 spiro atoms. The van der Waals surface area contributed by atoms with Gasteiger partial charge < -0.3 is 148 Å². The van der Waals surface area contributed by atoms with Crippen LogP contribution in [0.1, 0.15) is 120 Å². The molecule has 564 valence electrons. The van der Waals surface area contributed by atoms with Gasteiger partial charge in [-0.3, -0.25) is 4.79 Å². The molecule has 11 rings (SSSR count). The second kappa shape index (κ2) is 30.1. The van der Waals surface area contributed by atoms with E-state index in [0.29, 0.717) is 25.2 Å². The first-order valence-corrected chi connectivity index (χ1v) is 35.1. The van der Waals surface area contributed by atoms with Crippen LogP contribution in [0.4, 0.5) is 0 Å². The van der Waals surface area contributed by atoms with Gasteiger partial charge in [0.05, 0.1) is 50.7 Å². The van der Waals surface area contributed by atoms with Crippen LogP contribution in [0.15, 0.2) is 11.6 Å². The van der Waals surface area contributed by atoms with E-state index in [0.717, 1.165) is 44.9 Å². The fourth-order valence-corrected chi connectivity index (χ4v) is 19.4. The Morgan fingerprint density at radius 2 is 0.990 bits per heavy atom. The zero-order valence-corrected chi connectivity index (χ0v) is 57.6. The fraction of sp³-hybridized carbons (Fsp3) is 0.955. The summed E-state index contributed by atoms with van der Waals surface area (Å²) in [5.41, 5.74) is -1.05. The lowest BCUT2D eigenvalue weighted by Crippen LogP contribution is -2.67. The molecular weight excluding hydrogens is 1300 g/mol. The summed E-state index contributed by atoms with van der Waals surface area (Å²) in [6.07, 6.45) is -38.8. The van der Waals surface area contributed by atoms with E-state index in [2.05, 4.69) is 54.5 Å². The SMILES string of the molecule is CO[C@@H]1[C@@H](O)[C@H](O[C@@H]2[C@@H](O)[C@H](O[C@H]3[C@H](O)[C@@H](O)[C@H](O[C@H]4[C@H](O[C@H]5CC[C@]6(C)C7=CC[C@@]89C(=O)O[C@@](C)(CCCC(C)C)[C@H]8CC[C@@]9(C)[C@@H]7CC[C@H]6C5(C)C)OC[C@@H](O[C@@H]5O[C@H](CO)[C@@H](O)[C@H](O[C@@H]6O[C@H](CO)[C@@H](O)[C@H](OC)[C@H]6O)[C@H]5O)[C@@H]4O)O[C@@H]3C)O[C@H](CO)[C@H]2O)O[C@H](CO)[C@H]1O. The molecule has 37 atom stereocenters. The number of aliphatic hydroxyl groups excluding tert-OH is 15. The Labute approximate surface area is 570 Å². The Morgan fingerprint density at radius 1 is 0.510 bits per heavy atom. The average molecular weight is 1410 g/mol. The highest BCUT2D eigenvalue weighted by Gasteiger charge is 2.76. The second-order valence-electron chi connectivity index (χ2n) is 31.1. The molecule has 0 aromatic rings. The molecule has 4 aliphatic carbocycles. The summed E-state index contributed by atoms with van der Waals surface area (Å²) in [4.78, 5) is 14.6. The molecule has 31 nitrogen and oxygen atoms in total. The highest BCUT2D eigenvalue weighted by molar-refractivity contribution is 5.83. The number of esters is 1. The van der Waals surface area contributed by atoms with Crippen LogP contribution in [0.2, 0.25) is 0 Å². The van der Waals surface area contributed by atoms with E-state index < -0.39 is 234 Å². The third-order valence-corrected chi connectivity index (χ3v) is 24.9. The van der Waals surface area contributed by atoms with Crippen molar-refractivity contribution in [3.63, 3.8) is 0 Å². The first-order chi connectivity index (χ1) is 46.3. The monoisotopic (exact) mass is 1410 g/mol. The number of hydrogen-bond donors (Lipinski definition) is 15. The van der Waals surface area contributed by atoms with Crippen LogP contribution in [-0.2, 0) is 75.8 Å². The summed E-state index contributed by atoms with van der Waals surface area (Å²) in [6, 6.07) is 0. The molecule has 0 aromatic heterocycles. The maximum atomic E-state index is 14.6. The van der Waals surface area contributed by atoms with Crippen molar-refractivity contribution in [3.8, 4) is 0 Å². The number of ether oxygens (including phenoxy) is 15. The van der Waals surface area contributed by atoms with Gasteiger partial charge in [-0.25, -0.2) is 0 Å². The summed E-state index contributed by atoms with van der Waals surface area (Å²) in [7, 11) is 2.38. The maximum absolute atomic E-state index is 14.6. The second-order valence-corrected chi connectivity index (χ2v) is 31.1. The van der Waals surface area contributed by atoms with Crippen molar-refractivity contribution in [1.82, 2.24) is 0 Å². The van der Waals surface area contributed by atoms with Crippen molar-refractivity contribution < 1.29 is 152 Å². The number of cyclic esters (lactones) is 1. The number of carbonyl (C=O) groups is 1. The summed E-state index contributed by atoms with van der Waals surface area (Å²) in [5.74, 6) is 0.751. The van der Waals surface area contributed by atoms with Gasteiger partial charge in [0.1, 0.15) is 140 Å². The standard InChI is InChI=1S/C67H110O31/c1-27(2)12-11-18-66(8)37-16-20-65(7)30-13-14-36-63(4,5)38(17-19-64(36,6)29(30)15-21-67(37,65)62(83)98-66)93-61-55(43(76)35(26-86-61)92-57-48(81)53(41(74)33(24-70)88-57)95-58-46(79)51(84-9)39(72)31(22-68)89-58)97-56-45(78)44(77)50(28(3)87-56)94-60-49(82)54(42(75)34(25-71)91-60)96-59-47(80)52(85-10)40(73)32(23-69)90-59/h15,27-28,30-61,68-82H,11-14,16-26H2,1-10H3/t28-,30-,31-,32-,33-,34-,35-,36+,37-,38+,39-,40-,41-,42-,43+,44-,45-,46-,47-,48-,49-,50-,51+,52+,53+,54+,55-,56+,57+,58+,59+,60+,61+,64-,65+,66+,67+/m1/s1. The van der Waals surface area contributed by atoms with E-state index in [-0.39, 0.29) is 34.6 Å². The molecule has 0 unspecified atom stereocenters. The number of aliphatic hydroxyl groups is 15. The average Bonchev–Trinajstić information content (AvgIpc) is 1.48. The molecular formula is C67H110O31. The summed E-state index contributed by atoms with van der Waals surface area (Å²) in [6.45, 7) is 13.2. The van der Waals surface area contributed by atoms with Crippen molar-refractivity contribution >= 4 is 5.97 Å². The zero-order chi connectivity index (χ0) is 71.2. The Balaban J connectivity index is 0.832. The lowest BCUT2D eigenvalue weighted by Gasteiger charge is -2.63. The number of fused-ring (bicyclic) bond motifs is 4. The van der Waals surface area contributed by atoms with Crippen molar-refractivity contribution in [2.75, 3.05) is 47.3 Å². The highest BCUT2D eigenvalue weighted by atomic mass is 16.8. The fourth-order valence-electron chi connectivity index (χ4n) is 19.4. The smallest absolute Gasteiger partial charge is 0.313 e. The van der Waals surface area contributed by atoms with E-state index in [1.807, 2.05) is 0 Å². The molecule has 10 fully saturated rings. The van der Waals surface area contributed by atoms with E-state index in [1.165, 1.54) is 26.7 Å². The molecule has 3 saturated carbocycles. The molecule has 0 bridgehead atoms. The van der Waals surface area contributed by atoms with Crippen molar-refractivity contribution in [3.05, 3.63) is 11.6 Å². The van der Waals surface area contributed by atoms with Crippen LogP contribution in [0, 0.1) is 45.3 Å². The van der Waals surface area contributed by atoms with Crippen LogP contribution in [0.3, 0.4) is 0 Å². The molecule has 7 aliphatic heterocycles. The quantitative estimate of drug-likeness (QED) is 0.0292. The van der Waals surface area contributed by atoms with Crippen molar-refractivity contribution in [2.24, 2.45) is 45.3 Å². The summed E-state index contributed by atoms with van der Waals surface area (Å²) in [5, 5.41) is 167. The topological polar surface area (TPSA) is 459 Å². The van der Waals surface area contributed by atoms with Crippen molar-refractivity contribution in [1.29, 1.82) is 0 Å². The normalized spacial score (nSPS) is 52.6. The maximum Gasteiger partial charge on any atom is 0.313 e. The largest absolute Gasteiger partial charge is 0.459 e. The van der Waals surface area contributed by atoms with E-state index >= 15 is 0 Å². The van der Waals surface area contributed by atoms with Crippen LogP contribution < -0.4 is 0 Å². The lowest BCUT2D eigenvalue weighted by atomic mass is 9.41. The third-order valence-electron chi connectivity index (χ3n) is 24.9. The van der Waals surface area contributed by atoms with Gasteiger partial charge in [0.15, 0.2) is 37.7 Å². The lowest BCUT2D eigenvalue weighted by molar-refractivity contribution is -0.397. The number of methoxy groups -OCH3 is 2. The zero-order valence-electron chi connectivity index (χ0n) is 57.6. The summed E-state index contributed by atoms with van der Waals surface area (Å²) >= 11 is 0. The van der Waals surface area contributed by atoms with Crippen molar-refractivity contribution in [2.45, 2.75) is 309 Å². The molecule has 15 N–H and O–H groups in total. The van der Waals surface area contributed by atoms with Crippen LogP contribution >= 0.6 is 0 Å². The first-order valence-electron chi connectivity index (χ1n) is 35.1. The molecule has 98 heavy (non-hydrogen) atoms. The van der Waals surface area contributed by atoms with Gasteiger partial charge in [-0.15, -0.1) is 0 Å². The van der Waals surface area contributed by atoms with Gasteiger partial charge in [0.2, 0.25) is 0 Å². The molecule has 31 heteroatoms. The number of allylic oxidation sites excluding steroid dienone is 2. The number of rotatable bonds is 22. The highest BCUT2D eigenvalue weighted by Crippen LogP contribution is 2.76. The van der Waals surface area contributed by atoms with E-state index in [4.69, 9.17) is 71.1 Å². The van der Waals surface area contributed by atoms with Crippen LogP contribution in [0.5, 0.6) is 0 Å². The van der Waals surface area contributed by atoms with Gasteiger partial charge >= 0.3 is 5.97 Å². The Morgan fingerprint density at radius 3 is 1.50 bits per heavy atom. The predicted octanol–water partition coefficient (Wildman–Crippen LogP) is -3.01. The van der Waals surface area contributed by atoms with E-state index in [1.54, 1.807) is 0 Å².